The van der Waals surface area contributed by atoms with Crippen LogP contribution in [0.15, 0.2) is 0 Å². The number of aliphatic hydroxyl groups is 1. The Balaban J connectivity index is 2.27. The summed E-state index contributed by atoms with van der Waals surface area (Å²) < 4.78 is 0. The van der Waals surface area contributed by atoms with Crippen molar-refractivity contribution in [3.8, 4) is 0 Å². The third-order valence-corrected chi connectivity index (χ3v) is 2.47. The summed E-state index contributed by atoms with van der Waals surface area (Å²) in [6.45, 7) is 4.61. The van der Waals surface area contributed by atoms with Gasteiger partial charge in [0, 0.05) is 12.5 Å². The van der Waals surface area contributed by atoms with Crippen LogP contribution in [0, 0.1) is 0 Å². The summed E-state index contributed by atoms with van der Waals surface area (Å²) in [6.07, 6.45) is 2.75. The topological polar surface area (TPSA) is 61.4 Å². The van der Waals surface area contributed by atoms with E-state index in [1.54, 1.807) is 0 Å². The predicted octanol–water partition coefficient (Wildman–Crippen LogP) is 0.0156. The van der Waals surface area contributed by atoms with Gasteiger partial charge in [0.05, 0.1) is 12.1 Å². The number of carbonyl (C=O) groups is 1. The van der Waals surface area contributed by atoms with Crippen LogP contribution in [0.25, 0.3) is 0 Å². The van der Waals surface area contributed by atoms with Crippen LogP contribution in [-0.4, -0.2) is 35.7 Å². The molecule has 1 fully saturated rings. The first-order chi connectivity index (χ1) is 6.53. The van der Waals surface area contributed by atoms with Gasteiger partial charge in [-0.1, -0.05) is 0 Å². The van der Waals surface area contributed by atoms with E-state index in [9.17, 15) is 4.79 Å². The Kier molecular flexibility index (Phi) is 3.89. The van der Waals surface area contributed by atoms with E-state index >= 15 is 0 Å². The van der Waals surface area contributed by atoms with E-state index in [1.807, 2.05) is 13.8 Å². The fourth-order valence-electron chi connectivity index (χ4n) is 1.62. The van der Waals surface area contributed by atoms with Crippen LogP contribution >= 0.6 is 0 Å². The highest BCUT2D eigenvalue weighted by Gasteiger charge is 2.22. The average Bonchev–Trinajstić information content (AvgIpc) is 2.55. The van der Waals surface area contributed by atoms with E-state index in [2.05, 4.69) is 10.6 Å². The van der Waals surface area contributed by atoms with E-state index in [0.29, 0.717) is 12.5 Å². The van der Waals surface area contributed by atoms with E-state index < -0.39 is 5.54 Å². The molecule has 0 aromatic heterocycles. The largest absolute Gasteiger partial charge is 0.394 e. The van der Waals surface area contributed by atoms with E-state index in [0.717, 1.165) is 19.4 Å². The van der Waals surface area contributed by atoms with Crippen LogP contribution in [0.5, 0.6) is 0 Å². The van der Waals surface area contributed by atoms with Gasteiger partial charge >= 0.3 is 0 Å². The minimum Gasteiger partial charge on any atom is -0.394 e. The van der Waals surface area contributed by atoms with Crippen molar-refractivity contribution in [2.75, 3.05) is 13.2 Å². The predicted molar refractivity (Wildman–Crippen MR) is 54.9 cm³/mol. The molecule has 0 aromatic rings. The molecule has 1 rings (SSSR count). The molecular weight excluding hydrogens is 180 g/mol. The molecule has 82 valence electrons. The van der Waals surface area contributed by atoms with Gasteiger partial charge in [-0.2, -0.15) is 0 Å². The summed E-state index contributed by atoms with van der Waals surface area (Å²) in [4.78, 5) is 11.5. The van der Waals surface area contributed by atoms with Crippen molar-refractivity contribution in [2.24, 2.45) is 0 Å². The molecule has 0 saturated carbocycles. The summed E-state index contributed by atoms with van der Waals surface area (Å²) in [6, 6.07) is 0.324. The molecule has 0 aromatic carbocycles. The lowest BCUT2D eigenvalue weighted by molar-refractivity contribution is -0.123. The molecule has 0 radical (unpaired) electrons. The molecule has 1 aliphatic heterocycles. The molecule has 3 N–H and O–H groups in total. The first kappa shape index (κ1) is 11.5. The van der Waals surface area contributed by atoms with Crippen LogP contribution < -0.4 is 10.6 Å². The van der Waals surface area contributed by atoms with E-state index in [4.69, 9.17) is 5.11 Å². The fourth-order valence-corrected chi connectivity index (χ4v) is 1.62. The molecule has 1 aliphatic rings. The molecular formula is C10H20N2O2. The first-order valence-corrected chi connectivity index (χ1v) is 5.19. The van der Waals surface area contributed by atoms with Gasteiger partial charge in [0.2, 0.25) is 5.91 Å². The van der Waals surface area contributed by atoms with Crippen molar-refractivity contribution in [3.63, 3.8) is 0 Å². The third-order valence-electron chi connectivity index (χ3n) is 2.47. The molecule has 1 amide bonds. The summed E-state index contributed by atoms with van der Waals surface area (Å²) in [5.74, 6) is 0.0171. The number of carbonyl (C=O) groups excluding carboxylic acids is 1. The zero-order valence-electron chi connectivity index (χ0n) is 8.97. The van der Waals surface area contributed by atoms with Crippen molar-refractivity contribution >= 4 is 5.91 Å². The molecule has 14 heavy (non-hydrogen) atoms. The SMILES string of the molecule is CC(C)(CO)NC(=O)CC1CCCN1. The molecule has 0 aliphatic carbocycles. The van der Waals surface area contributed by atoms with Crippen molar-refractivity contribution in [1.29, 1.82) is 0 Å². The van der Waals surface area contributed by atoms with Crippen LogP contribution in [0.2, 0.25) is 0 Å². The molecule has 0 spiro atoms. The highest BCUT2D eigenvalue weighted by atomic mass is 16.3. The smallest absolute Gasteiger partial charge is 0.222 e. The summed E-state index contributed by atoms with van der Waals surface area (Å²) in [5, 5.41) is 15.0. The Morgan fingerprint density at radius 1 is 1.64 bits per heavy atom. The lowest BCUT2D eigenvalue weighted by atomic mass is 10.1. The zero-order valence-corrected chi connectivity index (χ0v) is 8.97. The standard InChI is InChI=1S/C10H20N2O2/c1-10(2,7-13)12-9(14)6-8-4-3-5-11-8/h8,11,13H,3-7H2,1-2H3,(H,12,14). The van der Waals surface area contributed by atoms with Gasteiger partial charge in [-0.25, -0.2) is 0 Å². The van der Waals surface area contributed by atoms with Crippen LogP contribution in [-0.2, 0) is 4.79 Å². The van der Waals surface area contributed by atoms with Gasteiger partial charge in [0.25, 0.3) is 0 Å². The average molecular weight is 200 g/mol. The molecule has 1 unspecified atom stereocenters. The number of nitrogens with one attached hydrogen (secondary N) is 2. The fraction of sp³-hybridized carbons (Fsp3) is 0.900. The van der Waals surface area contributed by atoms with Crippen LogP contribution in [0.3, 0.4) is 0 Å². The van der Waals surface area contributed by atoms with Gasteiger partial charge < -0.3 is 15.7 Å². The van der Waals surface area contributed by atoms with Crippen LogP contribution in [0.1, 0.15) is 33.1 Å². The maximum Gasteiger partial charge on any atom is 0.222 e. The van der Waals surface area contributed by atoms with Crippen LogP contribution in [0.4, 0.5) is 0 Å². The minimum atomic E-state index is -0.504. The molecule has 0 bridgehead atoms. The number of amides is 1. The Labute approximate surface area is 85.1 Å². The lowest BCUT2D eigenvalue weighted by Gasteiger charge is -2.24. The maximum absolute atomic E-state index is 11.5. The maximum atomic E-state index is 11.5. The lowest BCUT2D eigenvalue weighted by Crippen LogP contribution is -2.47. The summed E-state index contributed by atoms with van der Waals surface area (Å²) >= 11 is 0. The highest BCUT2D eigenvalue weighted by molar-refractivity contribution is 5.77. The van der Waals surface area contributed by atoms with Gasteiger partial charge in [0.1, 0.15) is 0 Å². The highest BCUT2D eigenvalue weighted by Crippen LogP contribution is 2.09. The minimum absolute atomic E-state index is 0.0171. The summed E-state index contributed by atoms with van der Waals surface area (Å²) in [7, 11) is 0. The Morgan fingerprint density at radius 3 is 2.86 bits per heavy atom. The Morgan fingerprint density at radius 2 is 2.36 bits per heavy atom. The van der Waals surface area contributed by atoms with E-state index in [-0.39, 0.29) is 12.5 Å². The third kappa shape index (κ3) is 3.64. The monoisotopic (exact) mass is 200 g/mol. The number of hydrogen-bond acceptors (Lipinski definition) is 3. The molecule has 1 heterocycles. The second kappa shape index (κ2) is 4.75. The van der Waals surface area contributed by atoms with Gasteiger partial charge in [0.15, 0.2) is 0 Å². The Bertz CT molecular complexity index is 198. The number of rotatable bonds is 4. The summed E-state index contributed by atoms with van der Waals surface area (Å²) in [5.41, 5.74) is -0.504. The van der Waals surface area contributed by atoms with E-state index in [1.165, 1.54) is 0 Å². The van der Waals surface area contributed by atoms with Crippen molar-refractivity contribution in [3.05, 3.63) is 0 Å². The molecule has 4 heteroatoms. The second-order valence-corrected chi connectivity index (χ2v) is 4.59. The van der Waals surface area contributed by atoms with Crippen molar-refractivity contribution in [1.82, 2.24) is 10.6 Å². The molecule has 1 atom stereocenters. The zero-order chi connectivity index (χ0) is 10.6. The quantitative estimate of drug-likeness (QED) is 0.599. The number of hydrogen-bond donors (Lipinski definition) is 3. The normalized spacial score (nSPS) is 22.4. The second-order valence-electron chi connectivity index (χ2n) is 4.59. The Hall–Kier alpha value is -0.610. The van der Waals surface area contributed by atoms with Crippen molar-refractivity contribution < 1.29 is 9.90 Å². The molecule has 4 nitrogen and oxygen atoms in total. The first-order valence-electron chi connectivity index (χ1n) is 5.19. The van der Waals surface area contributed by atoms with Crippen molar-refractivity contribution in [2.45, 2.75) is 44.7 Å². The van der Waals surface area contributed by atoms with Gasteiger partial charge in [-0.05, 0) is 33.2 Å². The van der Waals surface area contributed by atoms with Gasteiger partial charge in [-0.3, -0.25) is 4.79 Å². The van der Waals surface area contributed by atoms with Gasteiger partial charge in [-0.15, -0.1) is 0 Å². The number of aliphatic hydroxyl groups excluding tert-OH is 1. The molecule has 1 saturated heterocycles.